The largest absolute Gasteiger partial charge is 0.453 e. The van der Waals surface area contributed by atoms with E-state index in [0.717, 1.165) is 104 Å². The van der Waals surface area contributed by atoms with Crippen LogP contribution in [0.15, 0.2) is 48.8 Å². The van der Waals surface area contributed by atoms with Crippen LogP contribution in [0.3, 0.4) is 0 Å². The van der Waals surface area contributed by atoms with Crippen LogP contribution in [0.1, 0.15) is 102 Å². The number of rotatable bonds is 11. The lowest BCUT2D eigenvalue weighted by molar-refractivity contribution is -0.141. The Bertz CT molecular complexity index is 2370. The summed E-state index contributed by atoms with van der Waals surface area (Å²) < 4.78 is 9.71. The summed E-state index contributed by atoms with van der Waals surface area (Å²) in [6, 6.07) is 11.8. The van der Waals surface area contributed by atoms with E-state index >= 15 is 0 Å². The van der Waals surface area contributed by atoms with Gasteiger partial charge in [0.15, 0.2) is 0 Å². The fourth-order valence-corrected chi connectivity index (χ4v) is 11.6. The van der Waals surface area contributed by atoms with Gasteiger partial charge in [0.25, 0.3) is 0 Å². The Hall–Kier alpha value is -5.66. The molecule has 5 aliphatic rings. The van der Waals surface area contributed by atoms with E-state index < -0.39 is 35.3 Å². The number of nitrogens with zero attached hydrogens (tertiary/aromatic N) is 4. The highest BCUT2D eigenvalue weighted by atomic mass is 16.5. The molecule has 2 saturated carbocycles. The van der Waals surface area contributed by atoms with Crippen molar-refractivity contribution in [2.45, 2.75) is 115 Å². The van der Waals surface area contributed by atoms with Crippen LogP contribution in [0.2, 0.25) is 0 Å². The molecule has 0 spiro atoms. The maximum Gasteiger partial charge on any atom is 0.407 e. The van der Waals surface area contributed by atoms with E-state index in [1.165, 1.54) is 30.9 Å². The molecule has 328 valence electrons. The Balaban J connectivity index is 0.958. The first-order valence-electron chi connectivity index (χ1n) is 22.5. The molecule has 2 saturated heterocycles. The van der Waals surface area contributed by atoms with Gasteiger partial charge in [-0.05, 0) is 116 Å². The zero-order valence-electron chi connectivity index (χ0n) is 36.8. The van der Waals surface area contributed by atoms with Gasteiger partial charge in [-0.15, -0.1) is 0 Å². The number of hydrogen-bond donors (Lipinski definition) is 4. The molecule has 2 aromatic carbocycles. The van der Waals surface area contributed by atoms with Gasteiger partial charge in [0.1, 0.15) is 34.8 Å². The van der Waals surface area contributed by atoms with Gasteiger partial charge in [0.05, 0.1) is 38.0 Å². The van der Waals surface area contributed by atoms with Gasteiger partial charge < -0.3 is 39.9 Å². The third-order valence-electron chi connectivity index (χ3n) is 14.8. The second-order valence-electron chi connectivity index (χ2n) is 19.1. The van der Waals surface area contributed by atoms with Crippen molar-refractivity contribution in [1.82, 2.24) is 40.4 Å². The fourth-order valence-electron chi connectivity index (χ4n) is 11.6. The van der Waals surface area contributed by atoms with Crippen LogP contribution in [0, 0.1) is 23.7 Å². The Morgan fingerprint density at radius 3 is 1.60 bits per heavy atom. The predicted octanol–water partition coefficient (Wildman–Crippen LogP) is 7.45. The number of H-pyrrole nitrogens is 2. The molecule has 14 nitrogen and oxygen atoms in total. The highest BCUT2D eigenvalue weighted by molar-refractivity contribution is 5.88. The Morgan fingerprint density at radius 2 is 1.11 bits per heavy atom. The van der Waals surface area contributed by atoms with E-state index in [-0.39, 0.29) is 23.7 Å². The number of aromatic nitrogens is 4. The standard InChI is InChI=1S/C48H60N8O6/c1-27(2)39(53-45(59)61-5)41(57)55-25-29-17-19-47(55,21-29)43-49-23-37(51-43)32-13-11-31(12-14-32)33-15-16-36(35-10-8-7-9-34(33)35)38-24-50-44(52-38)48-20-18-30(22-48)26-56(48)42(58)40(28(3)4)54-46(60)62-6/h11-16,23-24,27-30,39-40H,7-10,17-22,25-26H2,1-6H3,(H,49,51)(H,50,52)(H,53,59)(H,54,60)/t29-,30-,39+,40+,47+,48+/m1/s1. The molecule has 0 unspecified atom stereocenters. The Labute approximate surface area is 363 Å². The smallest absolute Gasteiger partial charge is 0.407 e. The van der Waals surface area contributed by atoms with Crippen LogP contribution < -0.4 is 10.6 Å². The lowest BCUT2D eigenvalue weighted by Gasteiger charge is -2.40. The monoisotopic (exact) mass is 844 g/mol. The molecule has 62 heavy (non-hydrogen) atoms. The topological polar surface area (TPSA) is 175 Å². The number of likely N-dealkylation sites (tertiary alicyclic amines) is 2. The highest BCUT2D eigenvalue weighted by Crippen LogP contribution is 2.54. The van der Waals surface area contributed by atoms with Gasteiger partial charge >= 0.3 is 12.2 Å². The van der Waals surface area contributed by atoms with Gasteiger partial charge in [-0.3, -0.25) is 9.59 Å². The van der Waals surface area contributed by atoms with Crippen LogP contribution in [-0.4, -0.2) is 93.1 Å². The van der Waals surface area contributed by atoms with Crippen LogP contribution in [0.25, 0.3) is 33.6 Å². The van der Waals surface area contributed by atoms with Crippen molar-refractivity contribution < 1.29 is 28.7 Å². The zero-order valence-corrected chi connectivity index (χ0v) is 36.8. The SMILES string of the molecule is COC(=O)N[C@H](C(=O)N1C[C@@H]2CC[C@@]1(c1ncc(-c3ccc(-c4ccc(-c5cnc([C@@]67CC[C@@H](CN6C(=O)[C@@H](NC(=O)OC)C(C)C)C7)[nH]5)c5c4CCCC5)cc3)[nH]1)C2)C(C)C. The summed E-state index contributed by atoms with van der Waals surface area (Å²) >= 11 is 0. The molecule has 4 heterocycles. The molecule has 4 N–H and O–H groups in total. The van der Waals surface area contributed by atoms with Crippen molar-refractivity contribution in [2.75, 3.05) is 27.3 Å². The fraction of sp³-hybridized carbons (Fsp3) is 0.542. The van der Waals surface area contributed by atoms with Crippen LogP contribution in [0.5, 0.6) is 0 Å². The molecule has 4 fully saturated rings. The summed E-state index contributed by atoms with van der Waals surface area (Å²) in [5, 5.41) is 5.56. The molecule has 2 aliphatic heterocycles. The van der Waals surface area contributed by atoms with Crippen molar-refractivity contribution in [3.8, 4) is 33.6 Å². The lowest BCUT2D eigenvalue weighted by atomic mass is 9.82. The van der Waals surface area contributed by atoms with E-state index in [1.807, 2.05) is 49.9 Å². The lowest BCUT2D eigenvalue weighted by Crippen LogP contribution is -2.56. The molecule has 3 aliphatic carbocycles. The number of alkyl carbamates (subject to hydrolysis) is 2. The van der Waals surface area contributed by atoms with Crippen LogP contribution in [-0.2, 0) is 43.0 Å². The molecule has 9 rings (SSSR count). The van der Waals surface area contributed by atoms with Gasteiger partial charge in [-0.2, -0.15) is 0 Å². The average molecular weight is 845 g/mol. The Morgan fingerprint density at radius 1 is 0.661 bits per heavy atom. The third-order valence-corrected chi connectivity index (χ3v) is 14.8. The van der Waals surface area contributed by atoms with Gasteiger partial charge in [0.2, 0.25) is 11.8 Å². The first-order valence-corrected chi connectivity index (χ1v) is 22.5. The minimum absolute atomic E-state index is 0.0865. The van der Waals surface area contributed by atoms with Crippen molar-refractivity contribution >= 4 is 24.0 Å². The number of carbonyl (C=O) groups is 4. The molecule has 0 radical (unpaired) electrons. The number of nitrogens with one attached hydrogen (secondary N) is 4. The van der Waals surface area contributed by atoms with Crippen LogP contribution >= 0.6 is 0 Å². The molecule has 14 heteroatoms. The van der Waals surface area contributed by atoms with Crippen molar-refractivity contribution in [3.63, 3.8) is 0 Å². The summed E-state index contributed by atoms with van der Waals surface area (Å²) in [6.07, 6.45) is 12.3. The third kappa shape index (κ3) is 7.03. The van der Waals surface area contributed by atoms with Crippen molar-refractivity contribution in [2.24, 2.45) is 23.7 Å². The van der Waals surface area contributed by atoms with Gasteiger partial charge in [0, 0.05) is 18.7 Å². The van der Waals surface area contributed by atoms with Crippen LogP contribution in [0.4, 0.5) is 9.59 Å². The maximum atomic E-state index is 14.1. The quantitative estimate of drug-likeness (QED) is 0.120. The first-order chi connectivity index (χ1) is 29.8. The number of piperidine rings is 2. The number of ether oxygens (including phenoxy) is 2. The van der Waals surface area contributed by atoms with Gasteiger partial charge in [-0.1, -0.05) is 64.1 Å². The van der Waals surface area contributed by atoms with E-state index in [0.29, 0.717) is 24.9 Å². The number of aromatic amines is 2. The van der Waals surface area contributed by atoms with Crippen molar-refractivity contribution in [1.29, 1.82) is 0 Å². The second kappa shape index (κ2) is 16.2. The second-order valence-corrected chi connectivity index (χ2v) is 19.1. The zero-order chi connectivity index (χ0) is 43.5. The first kappa shape index (κ1) is 41.7. The summed E-state index contributed by atoms with van der Waals surface area (Å²) in [5.41, 5.74) is 8.09. The molecule has 6 atom stereocenters. The number of amides is 4. The molecule has 4 amide bonds. The maximum absolute atomic E-state index is 14.1. The molecular weight excluding hydrogens is 785 g/mol. The van der Waals surface area contributed by atoms with Gasteiger partial charge in [-0.25, -0.2) is 19.6 Å². The molecule has 4 aromatic rings. The number of methoxy groups -OCH3 is 2. The van der Waals surface area contributed by atoms with E-state index in [4.69, 9.17) is 19.4 Å². The summed E-state index contributed by atoms with van der Waals surface area (Å²) in [5.74, 6) is 2.03. The van der Waals surface area contributed by atoms with E-state index in [2.05, 4.69) is 57.0 Å². The number of benzene rings is 2. The average Bonchev–Trinajstić information content (AvgIpc) is 4.16. The molecular formula is C48H60N8O6. The van der Waals surface area contributed by atoms with Crippen molar-refractivity contribution in [3.05, 3.63) is 71.6 Å². The summed E-state index contributed by atoms with van der Waals surface area (Å²) in [6.45, 7) is 9.06. The molecule has 4 bridgehead atoms. The Kier molecular flexibility index (Phi) is 10.9. The van der Waals surface area contributed by atoms with E-state index in [9.17, 15) is 19.2 Å². The minimum Gasteiger partial charge on any atom is -0.453 e. The summed E-state index contributed by atoms with van der Waals surface area (Å²) in [7, 11) is 2.63. The highest BCUT2D eigenvalue weighted by Gasteiger charge is 2.58. The number of fused-ring (bicyclic) bond motifs is 5. The van der Waals surface area contributed by atoms with E-state index in [1.54, 1.807) is 0 Å². The minimum atomic E-state index is -0.686. The normalized spacial score (nSPS) is 24.6. The number of carbonyl (C=O) groups excluding carboxylic acids is 4. The predicted molar refractivity (Wildman–Crippen MR) is 233 cm³/mol. The summed E-state index contributed by atoms with van der Waals surface area (Å²) in [4.78, 5) is 73.7. The number of hydrogen-bond acceptors (Lipinski definition) is 8. The molecule has 2 aromatic heterocycles. The number of imidazole rings is 2.